The van der Waals surface area contributed by atoms with Crippen LogP contribution in [0.2, 0.25) is 0 Å². The van der Waals surface area contributed by atoms with Gasteiger partial charge < -0.3 is 14.6 Å². The van der Waals surface area contributed by atoms with Gasteiger partial charge in [0.1, 0.15) is 0 Å². The molecule has 132 valence electrons. The molecule has 1 aliphatic heterocycles. The minimum absolute atomic E-state index is 0.235. The topological polar surface area (TPSA) is 76.1 Å². The van der Waals surface area contributed by atoms with Crippen molar-refractivity contribution in [2.45, 2.75) is 39.5 Å². The van der Waals surface area contributed by atoms with Gasteiger partial charge >= 0.3 is 11.9 Å². The Morgan fingerprint density at radius 1 is 1.22 bits per heavy atom. The Bertz CT molecular complexity index is 400. The van der Waals surface area contributed by atoms with E-state index in [1.54, 1.807) is 0 Å². The third-order valence-corrected chi connectivity index (χ3v) is 3.63. The zero-order chi connectivity index (χ0) is 17.1. The van der Waals surface area contributed by atoms with Crippen LogP contribution >= 0.6 is 0 Å². The van der Waals surface area contributed by atoms with E-state index in [9.17, 15) is 9.59 Å². The highest BCUT2D eigenvalue weighted by molar-refractivity contribution is 5.95. The molecule has 6 nitrogen and oxygen atoms in total. The van der Waals surface area contributed by atoms with Crippen LogP contribution < -0.4 is 0 Å². The van der Waals surface area contributed by atoms with Crippen molar-refractivity contribution in [1.29, 1.82) is 0 Å². The smallest absolute Gasteiger partial charge is 0.334 e. The van der Waals surface area contributed by atoms with Crippen molar-refractivity contribution in [2.24, 2.45) is 5.92 Å². The zero-order valence-electron chi connectivity index (χ0n) is 14.3. The Morgan fingerprint density at radius 2 is 1.91 bits per heavy atom. The summed E-state index contributed by atoms with van der Waals surface area (Å²) in [5.41, 5.74) is 0.254. The van der Waals surface area contributed by atoms with Gasteiger partial charge in [-0.3, -0.25) is 4.90 Å². The molecule has 0 atom stereocenters. The number of unbranched alkanes of at least 4 members (excludes halogenated alkanes) is 2. The van der Waals surface area contributed by atoms with E-state index >= 15 is 0 Å². The summed E-state index contributed by atoms with van der Waals surface area (Å²) in [5.74, 6) is -1.37. The molecule has 0 radical (unpaired) electrons. The van der Waals surface area contributed by atoms with Crippen molar-refractivity contribution in [3.05, 3.63) is 11.6 Å². The fraction of sp³-hybridized carbons (Fsp3) is 0.765. The Morgan fingerprint density at radius 3 is 2.52 bits per heavy atom. The van der Waals surface area contributed by atoms with Crippen molar-refractivity contribution in [3.8, 4) is 0 Å². The summed E-state index contributed by atoms with van der Waals surface area (Å²) in [6.07, 6.45) is 4.23. The second-order valence-electron chi connectivity index (χ2n) is 6.26. The molecule has 0 aromatic carbocycles. The molecule has 23 heavy (non-hydrogen) atoms. The first-order valence-corrected chi connectivity index (χ1v) is 8.39. The van der Waals surface area contributed by atoms with Crippen molar-refractivity contribution < 1.29 is 24.2 Å². The number of aliphatic carboxylic acids is 1. The lowest BCUT2D eigenvalue weighted by Crippen LogP contribution is -2.36. The molecular weight excluding hydrogens is 298 g/mol. The Kier molecular flexibility index (Phi) is 9.55. The molecule has 0 saturated carbocycles. The monoisotopic (exact) mass is 327 g/mol. The largest absolute Gasteiger partial charge is 0.478 e. The number of nitrogens with zero attached hydrogens (tertiary/aromatic N) is 1. The van der Waals surface area contributed by atoms with Gasteiger partial charge in [0.05, 0.1) is 19.8 Å². The molecule has 1 rings (SSSR count). The SMILES string of the molecule is CC(C)COC(=O)/C(=C/C(=O)O)CCCCCN1CCOCC1. The normalized spacial score (nSPS) is 16.6. The van der Waals surface area contributed by atoms with E-state index in [4.69, 9.17) is 14.6 Å². The van der Waals surface area contributed by atoms with E-state index in [1.807, 2.05) is 13.8 Å². The van der Waals surface area contributed by atoms with Crippen LogP contribution in [-0.4, -0.2) is 61.4 Å². The third kappa shape index (κ3) is 9.36. The molecule has 0 unspecified atom stereocenters. The van der Waals surface area contributed by atoms with E-state index in [2.05, 4.69) is 4.90 Å². The molecule has 0 amide bonds. The number of carbonyl (C=O) groups excluding carboxylic acids is 1. The van der Waals surface area contributed by atoms with Crippen LogP contribution in [0.5, 0.6) is 0 Å². The molecule has 0 aromatic heterocycles. The molecule has 1 heterocycles. The van der Waals surface area contributed by atoms with Crippen LogP contribution in [0.4, 0.5) is 0 Å². The average Bonchev–Trinajstić information content (AvgIpc) is 2.51. The van der Waals surface area contributed by atoms with Crippen LogP contribution in [0.15, 0.2) is 11.6 Å². The van der Waals surface area contributed by atoms with E-state index in [-0.39, 0.29) is 11.5 Å². The Balaban J connectivity index is 2.27. The number of carboxylic acids is 1. The first kappa shape index (κ1) is 19.6. The molecule has 0 spiro atoms. The second kappa shape index (κ2) is 11.2. The summed E-state index contributed by atoms with van der Waals surface area (Å²) in [6.45, 7) is 8.78. The molecule has 0 bridgehead atoms. The van der Waals surface area contributed by atoms with Crippen molar-refractivity contribution in [1.82, 2.24) is 4.90 Å². The standard InChI is InChI=1S/C17H29NO5/c1-14(2)13-23-17(21)15(12-16(19)20)6-4-3-5-7-18-8-10-22-11-9-18/h12,14H,3-11,13H2,1-2H3,(H,19,20)/b15-12+. The lowest BCUT2D eigenvalue weighted by atomic mass is 10.1. The molecule has 1 aliphatic rings. The van der Waals surface area contributed by atoms with Crippen molar-refractivity contribution >= 4 is 11.9 Å². The molecule has 1 fully saturated rings. The average molecular weight is 327 g/mol. The van der Waals surface area contributed by atoms with E-state index < -0.39 is 11.9 Å². The van der Waals surface area contributed by atoms with Crippen LogP contribution in [-0.2, 0) is 19.1 Å². The van der Waals surface area contributed by atoms with Crippen LogP contribution in [0.3, 0.4) is 0 Å². The molecule has 1 saturated heterocycles. The minimum Gasteiger partial charge on any atom is -0.478 e. The number of esters is 1. The maximum Gasteiger partial charge on any atom is 0.334 e. The summed E-state index contributed by atoms with van der Waals surface area (Å²) >= 11 is 0. The predicted octanol–water partition coefficient (Wildman–Crippen LogP) is 2.09. The van der Waals surface area contributed by atoms with Gasteiger partial charge in [-0.2, -0.15) is 0 Å². The molecule has 1 N–H and O–H groups in total. The van der Waals surface area contributed by atoms with E-state index in [1.165, 1.54) is 0 Å². The Labute approximate surface area is 138 Å². The van der Waals surface area contributed by atoms with Gasteiger partial charge in [-0.1, -0.05) is 20.3 Å². The second-order valence-corrected chi connectivity index (χ2v) is 6.26. The first-order valence-electron chi connectivity index (χ1n) is 8.39. The summed E-state index contributed by atoms with van der Waals surface area (Å²) < 4.78 is 10.4. The fourth-order valence-electron chi connectivity index (χ4n) is 2.37. The summed E-state index contributed by atoms with van der Waals surface area (Å²) in [7, 11) is 0. The van der Waals surface area contributed by atoms with Gasteiger partial charge in [0.25, 0.3) is 0 Å². The molecule has 0 aromatic rings. The number of morpholine rings is 1. The summed E-state index contributed by atoms with van der Waals surface area (Å²) in [4.78, 5) is 25.1. The molecule has 6 heteroatoms. The van der Waals surface area contributed by atoms with Crippen molar-refractivity contribution in [3.63, 3.8) is 0 Å². The summed E-state index contributed by atoms with van der Waals surface area (Å²) in [6, 6.07) is 0. The highest BCUT2D eigenvalue weighted by atomic mass is 16.5. The van der Waals surface area contributed by atoms with Gasteiger partial charge in [0.15, 0.2) is 0 Å². The van der Waals surface area contributed by atoms with Gasteiger partial charge in [0, 0.05) is 24.7 Å². The van der Waals surface area contributed by atoms with Gasteiger partial charge in [0.2, 0.25) is 0 Å². The first-order chi connectivity index (χ1) is 11.0. The van der Waals surface area contributed by atoms with Crippen LogP contribution in [0.1, 0.15) is 39.5 Å². The van der Waals surface area contributed by atoms with Crippen molar-refractivity contribution in [2.75, 3.05) is 39.5 Å². The minimum atomic E-state index is -1.10. The lowest BCUT2D eigenvalue weighted by Gasteiger charge is -2.26. The lowest BCUT2D eigenvalue weighted by molar-refractivity contribution is -0.141. The number of carbonyl (C=O) groups is 2. The maximum absolute atomic E-state index is 11.9. The summed E-state index contributed by atoms with van der Waals surface area (Å²) in [5, 5.41) is 8.88. The number of hydrogen-bond acceptors (Lipinski definition) is 5. The predicted molar refractivity (Wildman–Crippen MR) is 87.2 cm³/mol. The van der Waals surface area contributed by atoms with Gasteiger partial charge in [-0.15, -0.1) is 0 Å². The third-order valence-electron chi connectivity index (χ3n) is 3.63. The highest BCUT2D eigenvalue weighted by Gasteiger charge is 2.14. The fourth-order valence-corrected chi connectivity index (χ4v) is 2.37. The van der Waals surface area contributed by atoms with E-state index in [0.717, 1.165) is 58.2 Å². The zero-order valence-corrected chi connectivity index (χ0v) is 14.3. The number of rotatable bonds is 10. The number of hydrogen-bond donors (Lipinski definition) is 1. The van der Waals surface area contributed by atoms with Gasteiger partial charge in [-0.25, -0.2) is 9.59 Å². The maximum atomic E-state index is 11.9. The molecule has 0 aliphatic carbocycles. The van der Waals surface area contributed by atoms with E-state index in [0.29, 0.717) is 13.0 Å². The molecular formula is C17H29NO5. The number of ether oxygens (including phenoxy) is 2. The number of carboxylic acid groups (broad SMARTS) is 1. The quantitative estimate of drug-likeness (QED) is 0.376. The van der Waals surface area contributed by atoms with Gasteiger partial charge in [-0.05, 0) is 31.7 Å². The van der Waals surface area contributed by atoms with Crippen LogP contribution in [0.25, 0.3) is 0 Å². The highest BCUT2D eigenvalue weighted by Crippen LogP contribution is 2.12. The Hall–Kier alpha value is -1.40. The van der Waals surface area contributed by atoms with Crippen LogP contribution in [0, 0.1) is 5.92 Å².